The maximum absolute atomic E-state index is 11.9. The molecular formula is C17H22N2O2. The molecule has 1 aliphatic heterocycles. The summed E-state index contributed by atoms with van der Waals surface area (Å²) in [4.78, 5) is 18.3. The van der Waals surface area contributed by atoms with Crippen LogP contribution in [0.5, 0.6) is 0 Å². The topological polar surface area (TPSA) is 52.9 Å². The molecule has 1 N–H and O–H groups in total. The molecule has 1 atom stereocenters. The van der Waals surface area contributed by atoms with Crippen molar-refractivity contribution in [1.82, 2.24) is 4.90 Å². The molecule has 4 heteroatoms. The van der Waals surface area contributed by atoms with Crippen molar-refractivity contribution in [2.45, 2.75) is 26.3 Å². The molecule has 0 amide bonds. The number of hydrogen-bond donors (Lipinski definition) is 1. The van der Waals surface area contributed by atoms with Gasteiger partial charge in [0.2, 0.25) is 0 Å². The Kier molecular flexibility index (Phi) is 5.42. The molecule has 1 aliphatic rings. The lowest BCUT2D eigenvalue weighted by Crippen LogP contribution is -2.38. The van der Waals surface area contributed by atoms with Crippen molar-refractivity contribution in [3.05, 3.63) is 47.2 Å². The van der Waals surface area contributed by atoms with E-state index in [1.807, 2.05) is 37.3 Å². The van der Waals surface area contributed by atoms with E-state index in [-0.39, 0.29) is 18.4 Å². The molecule has 0 spiro atoms. The van der Waals surface area contributed by atoms with E-state index in [2.05, 4.69) is 9.89 Å². The minimum atomic E-state index is -0.0762. The molecular weight excluding hydrogens is 264 g/mol. The monoisotopic (exact) mass is 286 g/mol. The van der Waals surface area contributed by atoms with Crippen molar-refractivity contribution in [2.75, 3.05) is 19.7 Å². The first-order valence-corrected chi connectivity index (χ1v) is 7.28. The third kappa shape index (κ3) is 3.65. The van der Waals surface area contributed by atoms with E-state index in [4.69, 9.17) is 0 Å². The number of ketones is 1. The van der Waals surface area contributed by atoms with Crippen LogP contribution in [-0.4, -0.2) is 41.7 Å². The molecule has 1 heterocycles. The first kappa shape index (κ1) is 15.6. The summed E-state index contributed by atoms with van der Waals surface area (Å²) in [7, 11) is 0. The molecule has 0 bridgehead atoms. The van der Waals surface area contributed by atoms with Crippen LogP contribution in [0.25, 0.3) is 0 Å². The molecule has 0 saturated heterocycles. The molecule has 0 saturated carbocycles. The van der Waals surface area contributed by atoms with Crippen molar-refractivity contribution in [3.63, 3.8) is 0 Å². The predicted octanol–water partition coefficient (Wildman–Crippen LogP) is 2.36. The maximum Gasteiger partial charge on any atom is 0.158 e. The van der Waals surface area contributed by atoms with Crippen LogP contribution in [0.4, 0.5) is 0 Å². The number of benzene rings is 1. The number of aliphatic imine (C=N–C) groups is 1. The molecule has 21 heavy (non-hydrogen) atoms. The number of aliphatic hydroxyl groups excluding tert-OH is 1. The van der Waals surface area contributed by atoms with Gasteiger partial charge in [0.05, 0.1) is 12.6 Å². The van der Waals surface area contributed by atoms with E-state index in [9.17, 15) is 9.90 Å². The predicted molar refractivity (Wildman–Crippen MR) is 84.3 cm³/mol. The fourth-order valence-electron chi connectivity index (χ4n) is 2.76. The van der Waals surface area contributed by atoms with Gasteiger partial charge in [-0.15, -0.1) is 0 Å². The van der Waals surface area contributed by atoms with E-state index in [0.29, 0.717) is 6.54 Å². The number of carbonyl (C=O) groups excluding carboxylic acids is 1. The van der Waals surface area contributed by atoms with Gasteiger partial charge in [-0.3, -0.25) is 14.7 Å². The molecule has 1 aromatic rings. The lowest BCUT2D eigenvalue weighted by Gasteiger charge is -2.34. The summed E-state index contributed by atoms with van der Waals surface area (Å²) in [5.74, 6) is 0.0602. The molecule has 1 aromatic carbocycles. The number of nitrogens with zero attached hydrogens (tertiary/aromatic N) is 2. The van der Waals surface area contributed by atoms with Crippen molar-refractivity contribution >= 4 is 12.0 Å². The SMILES string of the molecule is CC=NC1=C(C(C)=O)CN(C(CO)c2ccccc2)CC1. The Labute approximate surface area is 125 Å². The van der Waals surface area contributed by atoms with Gasteiger partial charge in [0.1, 0.15) is 0 Å². The first-order chi connectivity index (χ1) is 10.2. The highest BCUT2D eigenvalue weighted by molar-refractivity contribution is 5.94. The van der Waals surface area contributed by atoms with Crippen molar-refractivity contribution in [2.24, 2.45) is 4.99 Å². The zero-order chi connectivity index (χ0) is 15.2. The largest absolute Gasteiger partial charge is 0.394 e. The smallest absolute Gasteiger partial charge is 0.158 e. The summed E-state index contributed by atoms with van der Waals surface area (Å²) < 4.78 is 0. The molecule has 0 fully saturated rings. The fraction of sp³-hybridized carbons (Fsp3) is 0.412. The molecule has 0 radical (unpaired) electrons. The van der Waals surface area contributed by atoms with Crippen LogP contribution < -0.4 is 0 Å². The van der Waals surface area contributed by atoms with Crippen LogP contribution in [0.15, 0.2) is 46.6 Å². The van der Waals surface area contributed by atoms with E-state index < -0.39 is 0 Å². The average molecular weight is 286 g/mol. The summed E-state index contributed by atoms with van der Waals surface area (Å²) >= 11 is 0. The minimum absolute atomic E-state index is 0.0432. The van der Waals surface area contributed by atoms with Gasteiger partial charge in [0.15, 0.2) is 5.78 Å². The van der Waals surface area contributed by atoms with Gasteiger partial charge in [-0.05, 0) is 19.4 Å². The summed E-state index contributed by atoms with van der Waals surface area (Å²) in [6.45, 7) is 4.82. The molecule has 4 nitrogen and oxygen atoms in total. The standard InChI is InChI=1S/C17H22N2O2/c1-3-18-16-9-10-19(11-15(16)13(2)21)17(12-20)14-7-5-4-6-8-14/h3-8,17,20H,9-12H2,1-2H3. The second kappa shape index (κ2) is 7.29. The van der Waals surface area contributed by atoms with Gasteiger partial charge < -0.3 is 5.11 Å². The summed E-state index contributed by atoms with van der Waals surface area (Å²) in [6.07, 6.45) is 2.47. The van der Waals surface area contributed by atoms with Gasteiger partial charge in [0, 0.05) is 37.0 Å². The van der Waals surface area contributed by atoms with Gasteiger partial charge in [-0.2, -0.15) is 0 Å². The zero-order valence-corrected chi connectivity index (χ0v) is 12.6. The van der Waals surface area contributed by atoms with Gasteiger partial charge in [-0.25, -0.2) is 0 Å². The molecule has 0 aliphatic carbocycles. The van der Waals surface area contributed by atoms with Gasteiger partial charge in [0.25, 0.3) is 0 Å². The second-order valence-corrected chi connectivity index (χ2v) is 5.20. The maximum atomic E-state index is 11.9. The summed E-state index contributed by atoms with van der Waals surface area (Å²) in [5, 5.41) is 9.75. The highest BCUT2D eigenvalue weighted by atomic mass is 16.3. The number of aliphatic hydroxyl groups is 1. The van der Waals surface area contributed by atoms with Crippen molar-refractivity contribution < 1.29 is 9.90 Å². The highest BCUT2D eigenvalue weighted by Gasteiger charge is 2.27. The van der Waals surface area contributed by atoms with Crippen LogP contribution in [0.3, 0.4) is 0 Å². The Balaban J connectivity index is 2.25. The van der Waals surface area contributed by atoms with Crippen molar-refractivity contribution in [1.29, 1.82) is 0 Å². The summed E-state index contributed by atoms with van der Waals surface area (Å²) in [5.41, 5.74) is 2.71. The lowest BCUT2D eigenvalue weighted by atomic mass is 9.98. The Morgan fingerprint density at radius 1 is 1.43 bits per heavy atom. The average Bonchev–Trinajstić information content (AvgIpc) is 2.50. The Morgan fingerprint density at radius 3 is 2.71 bits per heavy atom. The molecule has 112 valence electrons. The Bertz CT molecular complexity index is 549. The van der Waals surface area contributed by atoms with E-state index >= 15 is 0 Å². The third-order valence-electron chi connectivity index (χ3n) is 3.85. The van der Waals surface area contributed by atoms with Crippen LogP contribution >= 0.6 is 0 Å². The van der Waals surface area contributed by atoms with E-state index in [0.717, 1.165) is 29.8 Å². The third-order valence-corrected chi connectivity index (χ3v) is 3.85. The Morgan fingerprint density at radius 2 is 2.14 bits per heavy atom. The molecule has 2 rings (SSSR count). The van der Waals surface area contributed by atoms with Crippen LogP contribution in [-0.2, 0) is 4.79 Å². The number of rotatable bonds is 5. The number of carbonyl (C=O) groups is 1. The van der Waals surface area contributed by atoms with Crippen LogP contribution in [0, 0.1) is 0 Å². The highest BCUT2D eigenvalue weighted by Crippen LogP contribution is 2.27. The summed E-state index contributed by atoms with van der Waals surface area (Å²) in [6, 6.07) is 9.85. The van der Waals surface area contributed by atoms with Gasteiger partial charge >= 0.3 is 0 Å². The number of Topliss-reactive ketones (excluding diaryl/α,β-unsaturated/α-hetero) is 1. The normalized spacial score (nSPS) is 18.2. The second-order valence-electron chi connectivity index (χ2n) is 5.20. The van der Waals surface area contributed by atoms with Gasteiger partial charge in [-0.1, -0.05) is 30.3 Å². The van der Waals surface area contributed by atoms with E-state index in [1.165, 1.54) is 0 Å². The first-order valence-electron chi connectivity index (χ1n) is 7.28. The van der Waals surface area contributed by atoms with Crippen molar-refractivity contribution in [3.8, 4) is 0 Å². The van der Waals surface area contributed by atoms with Crippen LogP contribution in [0.2, 0.25) is 0 Å². The minimum Gasteiger partial charge on any atom is -0.394 e. The van der Waals surface area contributed by atoms with Crippen LogP contribution in [0.1, 0.15) is 31.9 Å². The zero-order valence-electron chi connectivity index (χ0n) is 12.6. The number of hydrogen-bond acceptors (Lipinski definition) is 4. The fourth-order valence-corrected chi connectivity index (χ4v) is 2.76. The lowest BCUT2D eigenvalue weighted by molar-refractivity contribution is -0.114. The molecule has 0 aromatic heterocycles. The Hall–Kier alpha value is -1.78. The van der Waals surface area contributed by atoms with E-state index in [1.54, 1.807) is 13.1 Å². The molecule has 1 unspecified atom stereocenters. The quantitative estimate of drug-likeness (QED) is 0.845.